The summed E-state index contributed by atoms with van der Waals surface area (Å²) in [4.78, 5) is 11.3. The van der Waals surface area contributed by atoms with Gasteiger partial charge < -0.3 is 10.5 Å². The van der Waals surface area contributed by atoms with Crippen molar-refractivity contribution in [3.05, 3.63) is 12.0 Å². The fourth-order valence-corrected chi connectivity index (χ4v) is 3.01. The molecule has 2 aromatic heterocycles. The summed E-state index contributed by atoms with van der Waals surface area (Å²) in [7, 11) is 1.84. The van der Waals surface area contributed by atoms with Crippen LogP contribution in [0.3, 0.4) is 0 Å². The normalized spacial score (nSPS) is 23.0. The lowest BCUT2D eigenvalue weighted by Gasteiger charge is -2.24. The lowest BCUT2D eigenvalue weighted by atomic mass is 10.0. The molecule has 1 aliphatic rings. The van der Waals surface area contributed by atoms with Crippen LogP contribution in [-0.4, -0.2) is 48.9 Å². The predicted octanol–water partition coefficient (Wildman–Crippen LogP) is -0.148. The highest BCUT2D eigenvalue weighted by atomic mass is 16.3. The van der Waals surface area contributed by atoms with Crippen molar-refractivity contribution in [3.63, 3.8) is 0 Å². The Morgan fingerprint density at radius 1 is 1.48 bits per heavy atom. The first-order valence-electron chi connectivity index (χ1n) is 7.14. The second-order valence-electron chi connectivity index (χ2n) is 5.62. The number of nitrogen functional groups attached to an aromatic ring is 1. The van der Waals surface area contributed by atoms with Crippen molar-refractivity contribution in [1.82, 2.24) is 24.6 Å². The van der Waals surface area contributed by atoms with E-state index in [4.69, 9.17) is 5.84 Å². The molecular formula is C13H21N7O. The number of nitrogens with two attached hydrogens (primary N) is 1. The highest BCUT2D eigenvalue weighted by Gasteiger charge is 2.31. The van der Waals surface area contributed by atoms with Gasteiger partial charge in [0.2, 0.25) is 0 Å². The van der Waals surface area contributed by atoms with Crippen LogP contribution in [0.1, 0.15) is 19.2 Å². The summed E-state index contributed by atoms with van der Waals surface area (Å²) in [6, 6.07) is 0.171. The maximum Gasteiger partial charge on any atom is 0.163 e. The molecule has 3 rings (SSSR count). The summed E-state index contributed by atoms with van der Waals surface area (Å²) in [5.41, 5.74) is 3.36. The van der Waals surface area contributed by atoms with Gasteiger partial charge in [-0.05, 0) is 18.9 Å². The minimum Gasteiger partial charge on any atom is -0.395 e. The largest absolute Gasteiger partial charge is 0.395 e. The molecule has 0 spiro atoms. The third-order valence-electron chi connectivity index (χ3n) is 4.30. The van der Waals surface area contributed by atoms with Gasteiger partial charge in [-0.1, -0.05) is 6.92 Å². The molecule has 0 radical (unpaired) electrons. The van der Waals surface area contributed by atoms with E-state index in [1.807, 2.05) is 7.05 Å². The average molecular weight is 291 g/mol. The number of fused-ring (bicyclic) bond motifs is 1. The molecule has 3 heterocycles. The molecule has 0 bridgehead atoms. The van der Waals surface area contributed by atoms with E-state index < -0.39 is 0 Å². The van der Waals surface area contributed by atoms with E-state index in [0.29, 0.717) is 24.1 Å². The van der Waals surface area contributed by atoms with Crippen LogP contribution >= 0.6 is 0 Å². The first-order valence-corrected chi connectivity index (χ1v) is 7.14. The zero-order chi connectivity index (χ0) is 15.0. The summed E-state index contributed by atoms with van der Waals surface area (Å²) in [6.45, 7) is 3.88. The Morgan fingerprint density at radius 2 is 2.29 bits per heavy atom. The monoisotopic (exact) mass is 291 g/mol. The van der Waals surface area contributed by atoms with Crippen molar-refractivity contribution in [2.75, 3.05) is 18.6 Å². The lowest BCUT2D eigenvalue weighted by Crippen LogP contribution is -2.35. The molecule has 8 heteroatoms. The molecule has 4 N–H and O–H groups in total. The number of hydrogen-bond donors (Lipinski definition) is 3. The maximum absolute atomic E-state index is 9.54. The van der Waals surface area contributed by atoms with E-state index in [1.165, 1.54) is 0 Å². The summed E-state index contributed by atoms with van der Waals surface area (Å²) >= 11 is 0. The molecule has 1 aliphatic heterocycles. The summed E-state index contributed by atoms with van der Waals surface area (Å²) in [5.74, 6) is 7.30. The van der Waals surface area contributed by atoms with Gasteiger partial charge in [0, 0.05) is 13.1 Å². The molecule has 114 valence electrons. The van der Waals surface area contributed by atoms with Gasteiger partial charge in [-0.2, -0.15) is 5.10 Å². The minimum atomic E-state index is 0.164. The van der Waals surface area contributed by atoms with Crippen LogP contribution in [0.2, 0.25) is 0 Å². The van der Waals surface area contributed by atoms with Crippen LogP contribution in [0.4, 0.5) is 5.82 Å². The Balaban J connectivity index is 1.92. The van der Waals surface area contributed by atoms with Crippen molar-refractivity contribution in [3.8, 4) is 0 Å². The van der Waals surface area contributed by atoms with Crippen molar-refractivity contribution in [1.29, 1.82) is 0 Å². The fourth-order valence-electron chi connectivity index (χ4n) is 3.01. The maximum atomic E-state index is 9.54. The number of aryl methyl sites for hydroxylation is 1. The predicted molar refractivity (Wildman–Crippen MR) is 79.2 cm³/mol. The smallest absolute Gasteiger partial charge is 0.163 e. The standard InChI is InChI=1S/C13H21N7O/c1-8-3-4-20(10(8)7-21)6-11-16-12(18-14)9-5-15-19(2)13(9)17-11/h5,8,10,21H,3-4,6-7,14H2,1-2H3,(H,16,17,18). The van der Waals surface area contributed by atoms with Crippen LogP contribution in [0.25, 0.3) is 11.0 Å². The van der Waals surface area contributed by atoms with Crippen LogP contribution in [0.15, 0.2) is 6.20 Å². The third kappa shape index (κ3) is 2.45. The van der Waals surface area contributed by atoms with Crippen molar-refractivity contribution < 1.29 is 5.11 Å². The number of anilines is 1. The zero-order valence-electron chi connectivity index (χ0n) is 12.3. The molecule has 0 amide bonds. The number of aliphatic hydroxyl groups excluding tert-OH is 1. The van der Waals surface area contributed by atoms with Gasteiger partial charge in [0.15, 0.2) is 11.5 Å². The van der Waals surface area contributed by atoms with E-state index in [0.717, 1.165) is 24.0 Å². The Kier molecular flexibility index (Phi) is 3.75. The number of hydrogen-bond acceptors (Lipinski definition) is 7. The highest BCUT2D eigenvalue weighted by molar-refractivity contribution is 5.86. The minimum absolute atomic E-state index is 0.164. The highest BCUT2D eigenvalue weighted by Crippen LogP contribution is 2.26. The third-order valence-corrected chi connectivity index (χ3v) is 4.30. The summed E-state index contributed by atoms with van der Waals surface area (Å²) in [5, 5.41) is 14.5. The van der Waals surface area contributed by atoms with Crippen LogP contribution < -0.4 is 11.3 Å². The number of aliphatic hydroxyl groups is 1. The van der Waals surface area contributed by atoms with Gasteiger partial charge in [-0.15, -0.1) is 0 Å². The molecule has 0 aromatic carbocycles. The van der Waals surface area contributed by atoms with Crippen LogP contribution in [-0.2, 0) is 13.6 Å². The van der Waals surface area contributed by atoms with Gasteiger partial charge in [-0.25, -0.2) is 15.8 Å². The van der Waals surface area contributed by atoms with E-state index in [-0.39, 0.29) is 12.6 Å². The van der Waals surface area contributed by atoms with E-state index in [2.05, 4.69) is 32.3 Å². The van der Waals surface area contributed by atoms with Crippen molar-refractivity contribution in [2.24, 2.45) is 18.8 Å². The van der Waals surface area contributed by atoms with E-state index in [1.54, 1.807) is 10.9 Å². The number of nitrogens with one attached hydrogen (secondary N) is 1. The average Bonchev–Trinajstić information content (AvgIpc) is 3.02. The summed E-state index contributed by atoms with van der Waals surface area (Å²) < 4.78 is 1.71. The van der Waals surface area contributed by atoms with Gasteiger partial charge in [0.05, 0.1) is 24.7 Å². The molecule has 2 aromatic rings. The fraction of sp³-hybridized carbons (Fsp3) is 0.615. The van der Waals surface area contributed by atoms with E-state index in [9.17, 15) is 5.11 Å². The molecule has 1 fully saturated rings. The Morgan fingerprint density at radius 3 is 3.00 bits per heavy atom. The molecular weight excluding hydrogens is 270 g/mol. The zero-order valence-corrected chi connectivity index (χ0v) is 12.3. The van der Waals surface area contributed by atoms with Gasteiger partial charge in [0.25, 0.3) is 0 Å². The number of hydrazine groups is 1. The molecule has 1 saturated heterocycles. The summed E-state index contributed by atoms with van der Waals surface area (Å²) in [6.07, 6.45) is 2.78. The number of aromatic nitrogens is 4. The van der Waals surface area contributed by atoms with Crippen LogP contribution in [0, 0.1) is 5.92 Å². The van der Waals surface area contributed by atoms with Gasteiger partial charge in [-0.3, -0.25) is 9.58 Å². The Bertz CT molecular complexity index is 641. The molecule has 8 nitrogen and oxygen atoms in total. The molecule has 2 unspecified atom stereocenters. The Labute approximate surface area is 122 Å². The molecule has 0 saturated carbocycles. The first kappa shape index (κ1) is 14.2. The molecule has 2 atom stereocenters. The quantitative estimate of drug-likeness (QED) is 0.531. The van der Waals surface area contributed by atoms with Gasteiger partial charge >= 0.3 is 0 Å². The Hall–Kier alpha value is -1.77. The second-order valence-corrected chi connectivity index (χ2v) is 5.62. The molecule has 21 heavy (non-hydrogen) atoms. The topological polar surface area (TPSA) is 105 Å². The van der Waals surface area contributed by atoms with E-state index >= 15 is 0 Å². The van der Waals surface area contributed by atoms with Gasteiger partial charge in [0.1, 0.15) is 5.82 Å². The van der Waals surface area contributed by atoms with Crippen molar-refractivity contribution >= 4 is 16.9 Å². The second kappa shape index (κ2) is 5.55. The first-order chi connectivity index (χ1) is 10.1. The molecule has 0 aliphatic carbocycles. The SMILES string of the molecule is CC1CCN(Cc2nc(NN)c3cnn(C)c3n2)C1CO. The van der Waals surface area contributed by atoms with Crippen LogP contribution in [0.5, 0.6) is 0 Å². The number of nitrogens with zero attached hydrogens (tertiary/aromatic N) is 5. The number of likely N-dealkylation sites (tertiary alicyclic amines) is 1. The van der Waals surface area contributed by atoms with Crippen molar-refractivity contribution in [2.45, 2.75) is 25.9 Å². The lowest BCUT2D eigenvalue weighted by molar-refractivity contribution is 0.132. The number of rotatable bonds is 4.